The smallest absolute Gasteiger partial charge is 0.260 e. The molecule has 1 aliphatic carbocycles. The fraction of sp³-hybridized carbons (Fsp3) is 0.524. The quantitative estimate of drug-likeness (QED) is 0.508. The van der Waals surface area contributed by atoms with Gasteiger partial charge in [0.15, 0.2) is 5.16 Å². The molecular formula is C21H27N5O2S. The highest BCUT2D eigenvalue weighted by Gasteiger charge is 2.24. The Morgan fingerprint density at radius 3 is 2.66 bits per heavy atom. The molecule has 0 unspecified atom stereocenters. The summed E-state index contributed by atoms with van der Waals surface area (Å²) >= 11 is 1.49. The first-order chi connectivity index (χ1) is 13.8. The van der Waals surface area contributed by atoms with Crippen LogP contribution in [-0.4, -0.2) is 41.3 Å². The Kier molecular flexibility index (Phi) is 5.25. The number of aryl methyl sites for hydroxylation is 1. The van der Waals surface area contributed by atoms with Gasteiger partial charge in [0.2, 0.25) is 0 Å². The Morgan fingerprint density at radius 2 is 2.00 bits per heavy atom. The van der Waals surface area contributed by atoms with Gasteiger partial charge in [-0.1, -0.05) is 24.6 Å². The number of aromatic nitrogens is 5. The van der Waals surface area contributed by atoms with Crippen LogP contribution in [0.2, 0.25) is 0 Å². The zero-order valence-corrected chi connectivity index (χ0v) is 18.2. The van der Waals surface area contributed by atoms with Crippen molar-refractivity contribution in [3.8, 4) is 11.1 Å². The number of hydrogen-bond donors (Lipinski definition) is 1. The Balaban J connectivity index is 1.93. The molecule has 0 aromatic carbocycles. The molecule has 0 radical (unpaired) electrons. The van der Waals surface area contributed by atoms with Crippen molar-refractivity contribution in [3.05, 3.63) is 34.5 Å². The molecular weight excluding hydrogens is 386 g/mol. The fourth-order valence-electron chi connectivity index (χ4n) is 4.11. The summed E-state index contributed by atoms with van der Waals surface area (Å²) in [6.45, 7) is 5.80. The molecule has 3 aromatic heterocycles. The summed E-state index contributed by atoms with van der Waals surface area (Å²) < 4.78 is 3.57. The second kappa shape index (κ2) is 7.57. The average Bonchev–Trinajstić information content (AvgIpc) is 3.32. The molecule has 0 amide bonds. The van der Waals surface area contributed by atoms with Gasteiger partial charge in [-0.15, -0.1) is 0 Å². The monoisotopic (exact) mass is 413 g/mol. The molecule has 0 aliphatic heterocycles. The third-order valence-corrected chi connectivity index (χ3v) is 5.97. The Morgan fingerprint density at radius 1 is 1.28 bits per heavy atom. The van der Waals surface area contributed by atoms with Crippen LogP contribution >= 0.6 is 11.8 Å². The lowest BCUT2D eigenvalue weighted by Gasteiger charge is -2.19. The van der Waals surface area contributed by atoms with Crippen LogP contribution in [0.4, 0.5) is 0 Å². The van der Waals surface area contributed by atoms with Gasteiger partial charge in [-0.05, 0) is 45.9 Å². The highest BCUT2D eigenvalue weighted by Crippen LogP contribution is 2.33. The third kappa shape index (κ3) is 3.96. The van der Waals surface area contributed by atoms with Crippen LogP contribution in [0, 0.1) is 6.92 Å². The van der Waals surface area contributed by atoms with Gasteiger partial charge in [-0.2, -0.15) is 5.10 Å². The molecule has 3 aromatic rings. The third-order valence-electron chi connectivity index (χ3n) is 5.43. The minimum Gasteiger partial charge on any atom is -0.389 e. The molecule has 1 fully saturated rings. The number of fused-ring (bicyclic) bond motifs is 1. The van der Waals surface area contributed by atoms with E-state index in [-0.39, 0.29) is 11.6 Å². The Bertz CT molecular complexity index is 1110. The Labute approximate surface area is 174 Å². The van der Waals surface area contributed by atoms with Crippen molar-refractivity contribution < 1.29 is 5.11 Å². The van der Waals surface area contributed by atoms with Crippen LogP contribution in [0.15, 0.2) is 28.4 Å². The maximum Gasteiger partial charge on any atom is 0.260 e. The standard InChI is InChI=1S/C21H27N5O2S/c1-13-16-9-17(14-10-22-25(11-14)12-21(2,3)28)19(27)26(15-7-5-6-8-15)18(16)24-20(23-13)29-4/h9-11,15,28H,5-8,12H2,1-4H3. The lowest BCUT2D eigenvalue weighted by Crippen LogP contribution is -2.27. The number of pyridine rings is 1. The van der Waals surface area contributed by atoms with Crippen LogP contribution < -0.4 is 5.56 Å². The summed E-state index contributed by atoms with van der Waals surface area (Å²) in [5.74, 6) is 0. The van der Waals surface area contributed by atoms with Crippen LogP contribution in [0.1, 0.15) is 51.3 Å². The van der Waals surface area contributed by atoms with E-state index in [4.69, 9.17) is 4.98 Å². The zero-order valence-electron chi connectivity index (χ0n) is 17.3. The van der Waals surface area contributed by atoms with Crippen LogP contribution in [-0.2, 0) is 6.54 Å². The minimum absolute atomic E-state index is 0.0302. The van der Waals surface area contributed by atoms with E-state index >= 15 is 0 Å². The normalized spacial score (nSPS) is 15.5. The second-order valence-electron chi connectivity index (χ2n) is 8.44. The van der Waals surface area contributed by atoms with Gasteiger partial charge in [0, 0.05) is 23.2 Å². The van der Waals surface area contributed by atoms with Gasteiger partial charge in [0.1, 0.15) is 5.65 Å². The van der Waals surface area contributed by atoms with Gasteiger partial charge in [0.25, 0.3) is 5.56 Å². The molecule has 154 valence electrons. The van der Waals surface area contributed by atoms with Crippen molar-refractivity contribution >= 4 is 22.8 Å². The molecule has 0 atom stereocenters. The predicted octanol–water partition coefficient (Wildman–Crippen LogP) is 3.57. The van der Waals surface area contributed by atoms with E-state index in [0.29, 0.717) is 17.3 Å². The van der Waals surface area contributed by atoms with E-state index in [2.05, 4.69) is 10.1 Å². The first kappa shape index (κ1) is 20.1. The van der Waals surface area contributed by atoms with Crippen molar-refractivity contribution in [3.63, 3.8) is 0 Å². The predicted molar refractivity (Wildman–Crippen MR) is 115 cm³/mol. The molecule has 7 nitrogen and oxygen atoms in total. The number of thioether (sulfide) groups is 1. The number of nitrogens with zero attached hydrogens (tertiary/aromatic N) is 5. The summed E-state index contributed by atoms with van der Waals surface area (Å²) in [5.41, 5.74) is 2.05. The van der Waals surface area contributed by atoms with Gasteiger partial charge >= 0.3 is 0 Å². The maximum absolute atomic E-state index is 13.6. The van der Waals surface area contributed by atoms with Gasteiger partial charge < -0.3 is 5.11 Å². The lowest BCUT2D eigenvalue weighted by molar-refractivity contribution is 0.0577. The molecule has 3 heterocycles. The van der Waals surface area contributed by atoms with E-state index < -0.39 is 5.60 Å². The summed E-state index contributed by atoms with van der Waals surface area (Å²) in [5, 5.41) is 16.0. The molecule has 4 rings (SSSR count). The van der Waals surface area contributed by atoms with Crippen molar-refractivity contribution in [2.24, 2.45) is 0 Å². The molecule has 29 heavy (non-hydrogen) atoms. The van der Waals surface area contributed by atoms with Crippen molar-refractivity contribution in [1.82, 2.24) is 24.3 Å². The Hall–Kier alpha value is -2.19. The van der Waals surface area contributed by atoms with Gasteiger partial charge in [-0.25, -0.2) is 9.97 Å². The maximum atomic E-state index is 13.6. The summed E-state index contributed by atoms with van der Waals surface area (Å²) in [6.07, 6.45) is 9.72. The van der Waals surface area contributed by atoms with Crippen molar-refractivity contribution in [2.75, 3.05) is 6.26 Å². The summed E-state index contributed by atoms with van der Waals surface area (Å²) in [4.78, 5) is 22.9. The molecule has 0 spiro atoms. The van der Waals surface area contributed by atoms with E-state index in [1.807, 2.05) is 30.0 Å². The fourth-order valence-corrected chi connectivity index (χ4v) is 4.52. The van der Waals surface area contributed by atoms with Crippen molar-refractivity contribution in [1.29, 1.82) is 0 Å². The summed E-state index contributed by atoms with van der Waals surface area (Å²) in [6, 6.07) is 2.06. The second-order valence-corrected chi connectivity index (χ2v) is 9.22. The minimum atomic E-state index is -0.880. The topological polar surface area (TPSA) is 85.8 Å². The van der Waals surface area contributed by atoms with Crippen LogP contribution in [0.3, 0.4) is 0 Å². The molecule has 1 aliphatic rings. The SMILES string of the molecule is CSc1nc(C)c2cc(-c3cnn(CC(C)(C)O)c3)c(=O)n(C3CCCC3)c2n1. The number of rotatable bonds is 5. The first-order valence-electron chi connectivity index (χ1n) is 10.00. The average molecular weight is 414 g/mol. The van der Waals surface area contributed by atoms with Crippen molar-refractivity contribution in [2.45, 2.75) is 69.8 Å². The van der Waals surface area contributed by atoms with E-state index in [9.17, 15) is 9.90 Å². The molecule has 8 heteroatoms. The zero-order chi connectivity index (χ0) is 20.8. The first-order valence-corrected chi connectivity index (χ1v) is 11.2. The van der Waals surface area contributed by atoms with Gasteiger partial charge in [-0.3, -0.25) is 14.0 Å². The highest BCUT2D eigenvalue weighted by atomic mass is 32.2. The molecule has 1 saturated carbocycles. The van der Waals surface area contributed by atoms with E-state index in [1.165, 1.54) is 11.8 Å². The lowest BCUT2D eigenvalue weighted by atomic mass is 10.1. The highest BCUT2D eigenvalue weighted by molar-refractivity contribution is 7.98. The largest absolute Gasteiger partial charge is 0.389 e. The summed E-state index contributed by atoms with van der Waals surface area (Å²) in [7, 11) is 0. The van der Waals surface area contributed by atoms with Gasteiger partial charge in [0.05, 0.1) is 29.6 Å². The number of aliphatic hydroxyl groups is 1. The van der Waals surface area contributed by atoms with E-state index in [1.54, 1.807) is 24.7 Å². The number of hydrogen-bond acceptors (Lipinski definition) is 6. The molecule has 1 N–H and O–H groups in total. The van der Waals surface area contributed by atoms with Crippen LogP contribution in [0.5, 0.6) is 0 Å². The van der Waals surface area contributed by atoms with Crippen LogP contribution in [0.25, 0.3) is 22.2 Å². The molecule has 0 saturated heterocycles. The van der Waals surface area contributed by atoms with E-state index in [0.717, 1.165) is 48.0 Å². The molecule has 0 bridgehead atoms.